The lowest BCUT2D eigenvalue weighted by Crippen LogP contribution is -2.35. The number of sulfonamides is 1. The van der Waals surface area contributed by atoms with Gasteiger partial charge in [-0.15, -0.1) is 0 Å². The van der Waals surface area contributed by atoms with Gasteiger partial charge >= 0.3 is 0 Å². The van der Waals surface area contributed by atoms with Gasteiger partial charge in [0.1, 0.15) is 5.75 Å². The number of carbonyl (C=O) groups is 1. The Morgan fingerprint density at radius 2 is 1.97 bits per heavy atom. The van der Waals surface area contributed by atoms with E-state index in [0.29, 0.717) is 22.1 Å². The molecule has 2 aromatic carbocycles. The van der Waals surface area contributed by atoms with E-state index in [-0.39, 0.29) is 18.9 Å². The van der Waals surface area contributed by atoms with Crippen molar-refractivity contribution in [3.8, 4) is 5.75 Å². The number of carbonyl (C=O) groups excluding carboxylic acids is 1. The zero-order chi connectivity index (χ0) is 21.0. The standard InChI is InChI=1S/C21H25ClN2O4S/c1-3-4-5-15-6-9-17(10-7-15)23-21(25)20-12-13-24(29(2,26)27)18-14-16(22)8-11-19(18)28-20/h6-11,14,20H,3-5,12-13H2,1-2H3,(H,23,25)/t20-/m0/s1. The van der Waals surface area contributed by atoms with Crippen LogP contribution in [-0.2, 0) is 21.2 Å². The number of nitrogens with zero attached hydrogens (tertiary/aromatic N) is 1. The van der Waals surface area contributed by atoms with Gasteiger partial charge in [-0.2, -0.15) is 0 Å². The minimum Gasteiger partial charge on any atom is -0.478 e. The summed E-state index contributed by atoms with van der Waals surface area (Å²) in [6.07, 6.45) is 3.80. The first-order valence-electron chi connectivity index (χ1n) is 9.61. The van der Waals surface area contributed by atoms with Crippen molar-refractivity contribution in [3.05, 3.63) is 53.1 Å². The molecule has 1 atom stereocenters. The maximum Gasteiger partial charge on any atom is 0.265 e. The molecule has 6 nitrogen and oxygen atoms in total. The maximum atomic E-state index is 12.8. The van der Waals surface area contributed by atoms with Crippen LogP contribution in [0.5, 0.6) is 5.75 Å². The van der Waals surface area contributed by atoms with Gasteiger partial charge in [0.05, 0.1) is 11.9 Å². The van der Waals surface area contributed by atoms with Crippen LogP contribution in [0.2, 0.25) is 5.02 Å². The Bertz CT molecular complexity index is 977. The summed E-state index contributed by atoms with van der Waals surface area (Å²) in [5, 5.41) is 3.26. The third-order valence-electron chi connectivity index (χ3n) is 4.79. The Hall–Kier alpha value is -2.25. The molecular formula is C21H25ClN2O4S. The zero-order valence-corrected chi connectivity index (χ0v) is 18.1. The van der Waals surface area contributed by atoms with Crippen LogP contribution >= 0.6 is 11.6 Å². The van der Waals surface area contributed by atoms with Gasteiger partial charge in [-0.05, 0) is 48.7 Å². The van der Waals surface area contributed by atoms with Gasteiger partial charge in [0.2, 0.25) is 10.0 Å². The van der Waals surface area contributed by atoms with Crippen LogP contribution in [-0.4, -0.2) is 33.2 Å². The highest BCUT2D eigenvalue weighted by molar-refractivity contribution is 7.92. The molecule has 0 spiro atoms. The van der Waals surface area contributed by atoms with Gasteiger partial charge in [0.25, 0.3) is 5.91 Å². The van der Waals surface area contributed by atoms with E-state index in [9.17, 15) is 13.2 Å². The Kier molecular flexibility index (Phi) is 6.70. The Labute approximate surface area is 176 Å². The number of amides is 1. The summed E-state index contributed by atoms with van der Waals surface area (Å²) in [5.74, 6) is -0.00468. The first-order valence-corrected chi connectivity index (χ1v) is 11.8. The third kappa shape index (κ3) is 5.42. The van der Waals surface area contributed by atoms with E-state index in [1.54, 1.807) is 12.1 Å². The van der Waals surface area contributed by atoms with E-state index in [1.807, 2.05) is 24.3 Å². The second-order valence-corrected chi connectivity index (χ2v) is 9.48. The Morgan fingerprint density at radius 3 is 2.62 bits per heavy atom. The van der Waals surface area contributed by atoms with Crippen LogP contribution in [0.3, 0.4) is 0 Å². The van der Waals surface area contributed by atoms with Crippen molar-refractivity contribution in [3.63, 3.8) is 0 Å². The number of benzene rings is 2. The number of hydrogen-bond acceptors (Lipinski definition) is 4. The van der Waals surface area contributed by atoms with Crippen molar-refractivity contribution in [2.75, 3.05) is 22.4 Å². The molecule has 0 saturated carbocycles. The summed E-state index contributed by atoms with van der Waals surface area (Å²) in [5.41, 5.74) is 2.25. The van der Waals surface area contributed by atoms with Crippen molar-refractivity contribution in [2.45, 2.75) is 38.7 Å². The summed E-state index contributed by atoms with van der Waals surface area (Å²) in [6, 6.07) is 12.5. The predicted octanol–water partition coefficient (Wildman–Crippen LogP) is 4.24. The van der Waals surface area contributed by atoms with Crippen LogP contribution < -0.4 is 14.4 Å². The number of halogens is 1. The smallest absolute Gasteiger partial charge is 0.265 e. The molecule has 1 heterocycles. The summed E-state index contributed by atoms with van der Waals surface area (Å²) in [6.45, 7) is 2.28. The lowest BCUT2D eigenvalue weighted by molar-refractivity contribution is -0.122. The molecule has 1 N–H and O–H groups in total. The van der Waals surface area contributed by atoms with Gasteiger partial charge in [-0.25, -0.2) is 8.42 Å². The number of hydrogen-bond donors (Lipinski definition) is 1. The molecule has 0 saturated heterocycles. The molecule has 1 aliphatic heterocycles. The van der Waals surface area contributed by atoms with Gasteiger partial charge in [0.15, 0.2) is 6.10 Å². The average Bonchev–Trinajstić information content (AvgIpc) is 2.86. The highest BCUT2D eigenvalue weighted by atomic mass is 35.5. The summed E-state index contributed by atoms with van der Waals surface area (Å²) < 4.78 is 31.5. The molecule has 2 aromatic rings. The van der Waals surface area contributed by atoms with Gasteiger partial charge in [0, 0.05) is 23.7 Å². The predicted molar refractivity (Wildman–Crippen MR) is 116 cm³/mol. The van der Waals surface area contributed by atoms with E-state index < -0.39 is 16.1 Å². The highest BCUT2D eigenvalue weighted by Crippen LogP contribution is 2.36. The summed E-state index contributed by atoms with van der Waals surface area (Å²) >= 11 is 6.04. The first-order chi connectivity index (χ1) is 13.8. The zero-order valence-electron chi connectivity index (χ0n) is 16.5. The third-order valence-corrected chi connectivity index (χ3v) is 6.20. The molecule has 8 heteroatoms. The van der Waals surface area contributed by atoms with E-state index in [0.717, 1.165) is 25.5 Å². The number of nitrogens with one attached hydrogen (secondary N) is 1. The van der Waals surface area contributed by atoms with Crippen LogP contribution in [0.4, 0.5) is 11.4 Å². The molecule has 3 rings (SSSR count). The number of anilines is 2. The molecule has 29 heavy (non-hydrogen) atoms. The molecule has 0 radical (unpaired) electrons. The molecular weight excluding hydrogens is 412 g/mol. The van der Waals surface area contributed by atoms with Gasteiger partial charge in [-0.1, -0.05) is 37.1 Å². The number of fused-ring (bicyclic) bond motifs is 1. The van der Waals surface area contributed by atoms with Crippen LogP contribution in [0.15, 0.2) is 42.5 Å². The monoisotopic (exact) mass is 436 g/mol. The number of aryl methyl sites for hydroxylation is 1. The van der Waals surface area contributed by atoms with E-state index in [2.05, 4.69) is 12.2 Å². The molecule has 0 unspecified atom stereocenters. The first kappa shape index (κ1) is 21.5. The highest BCUT2D eigenvalue weighted by Gasteiger charge is 2.31. The SMILES string of the molecule is CCCCc1ccc(NC(=O)[C@@H]2CCN(S(C)(=O)=O)c3cc(Cl)ccc3O2)cc1. The van der Waals surface area contributed by atoms with Crippen LogP contribution in [0.1, 0.15) is 31.7 Å². The molecule has 1 aliphatic rings. The minimum atomic E-state index is -3.54. The lowest BCUT2D eigenvalue weighted by atomic mass is 10.1. The fourth-order valence-electron chi connectivity index (χ4n) is 3.24. The molecule has 0 bridgehead atoms. The molecule has 0 aliphatic carbocycles. The fourth-order valence-corrected chi connectivity index (χ4v) is 4.34. The summed E-state index contributed by atoms with van der Waals surface area (Å²) in [7, 11) is -3.54. The summed E-state index contributed by atoms with van der Waals surface area (Å²) in [4.78, 5) is 12.8. The average molecular weight is 437 g/mol. The van der Waals surface area contributed by atoms with E-state index in [4.69, 9.17) is 16.3 Å². The number of ether oxygens (including phenoxy) is 1. The van der Waals surface area contributed by atoms with E-state index >= 15 is 0 Å². The second-order valence-electron chi connectivity index (χ2n) is 7.13. The van der Waals surface area contributed by atoms with Crippen LogP contribution in [0, 0.1) is 0 Å². The quantitative estimate of drug-likeness (QED) is 0.734. The van der Waals surface area contributed by atoms with Crippen molar-refractivity contribution in [2.24, 2.45) is 0 Å². The van der Waals surface area contributed by atoms with Crippen molar-refractivity contribution in [1.29, 1.82) is 0 Å². The van der Waals surface area contributed by atoms with Gasteiger partial charge in [-0.3, -0.25) is 9.10 Å². The van der Waals surface area contributed by atoms with Crippen molar-refractivity contribution in [1.82, 2.24) is 0 Å². The normalized spacial score (nSPS) is 16.5. The molecule has 0 fully saturated rings. The topological polar surface area (TPSA) is 75.7 Å². The molecule has 0 aromatic heterocycles. The minimum absolute atomic E-state index is 0.125. The Balaban J connectivity index is 1.76. The van der Waals surface area contributed by atoms with E-state index in [1.165, 1.54) is 15.9 Å². The molecule has 156 valence electrons. The fraction of sp³-hybridized carbons (Fsp3) is 0.381. The number of unbranched alkanes of at least 4 members (excludes halogenated alkanes) is 1. The molecule has 1 amide bonds. The van der Waals surface area contributed by atoms with Crippen molar-refractivity contribution >= 4 is 38.9 Å². The maximum absolute atomic E-state index is 12.8. The number of rotatable bonds is 6. The Morgan fingerprint density at radius 1 is 1.24 bits per heavy atom. The van der Waals surface area contributed by atoms with Crippen LogP contribution in [0.25, 0.3) is 0 Å². The second kappa shape index (κ2) is 9.05. The lowest BCUT2D eigenvalue weighted by Gasteiger charge is -2.21. The van der Waals surface area contributed by atoms with Gasteiger partial charge < -0.3 is 10.1 Å². The largest absolute Gasteiger partial charge is 0.478 e. The van der Waals surface area contributed by atoms with Crippen molar-refractivity contribution < 1.29 is 17.9 Å².